The van der Waals surface area contributed by atoms with Gasteiger partial charge in [0.25, 0.3) is 5.91 Å². The van der Waals surface area contributed by atoms with E-state index in [0.29, 0.717) is 27.7 Å². The molecule has 0 atom stereocenters. The number of hydrogen-bond acceptors (Lipinski definition) is 3. The van der Waals surface area contributed by atoms with Crippen LogP contribution in [0.2, 0.25) is 10.0 Å². The van der Waals surface area contributed by atoms with Gasteiger partial charge in [-0.15, -0.1) is 0 Å². The van der Waals surface area contributed by atoms with Crippen LogP contribution in [0.15, 0.2) is 42.0 Å². The van der Waals surface area contributed by atoms with Crippen LogP contribution in [0.3, 0.4) is 0 Å². The minimum Gasteiger partial charge on any atom is -0.284 e. The van der Waals surface area contributed by atoms with Gasteiger partial charge in [-0.2, -0.15) is 0 Å². The van der Waals surface area contributed by atoms with Crippen LogP contribution < -0.4 is 0 Å². The summed E-state index contributed by atoms with van der Waals surface area (Å²) in [5, 5.41) is 0.982. The SMILES string of the molecule is CCN1C(=O)C(=C2c3ccccc3-c3c(Cl)cc(Cl)cc32)C(=S)N(CC)C1=O. The van der Waals surface area contributed by atoms with Crippen LogP contribution in [0.1, 0.15) is 25.0 Å². The Kier molecular flexibility index (Phi) is 4.78. The van der Waals surface area contributed by atoms with Crippen molar-refractivity contribution in [3.8, 4) is 11.1 Å². The predicted molar refractivity (Wildman–Crippen MR) is 116 cm³/mol. The van der Waals surface area contributed by atoms with E-state index in [1.54, 1.807) is 19.1 Å². The summed E-state index contributed by atoms with van der Waals surface area (Å²) in [6, 6.07) is 10.8. The fourth-order valence-electron chi connectivity index (χ4n) is 3.83. The van der Waals surface area contributed by atoms with Gasteiger partial charge in [0, 0.05) is 29.2 Å². The third-order valence-corrected chi connectivity index (χ3v) is 5.99. The highest BCUT2D eigenvalue weighted by atomic mass is 35.5. The van der Waals surface area contributed by atoms with Gasteiger partial charge < -0.3 is 0 Å². The largest absolute Gasteiger partial charge is 0.332 e. The standard InChI is InChI=1S/C21H16Cl2N2O2S/c1-3-24-19(26)18(20(28)25(4-2)21(24)27)17-13-8-6-5-7-12(13)16-14(17)9-11(22)10-15(16)23/h5-10H,3-4H2,1-2H3. The summed E-state index contributed by atoms with van der Waals surface area (Å²) in [6.07, 6.45) is 0. The molecule has 1 fully saturated rings. The summed E-state index contributed by atoms with van der Waals surface area (Å²) in [4.78, 5) is 28.8. The molecule has 1 saturated heterocycles. The van der Waals surface area contributed by atoms with E-state index < -0.39 is 5.91 Å². The van der Waals surface area contributed by atoms with Crippen molar-refractivity contribution in [3.63, 3.8) is 0 Å². The number of halogens is 2. The molecule has 0 radical (unpaired) electrons. The monoisotopic (exact) mass is 430 g/mol. The van der Waals surface area contributed by atoms with Gasteiger partial charge in [-0.1, -0.05) is 59.7 Å². The summed E-state index contributed by atoms with van der Waals surface area (Å²) in [5.41, 5.74) is 4.36. The lowest BCUT2D eigenvalue weighted by Crippen LogP contribution is -2.55. The molecule has 0 N–H and O–H groups in total. The van der Waals surface area contributed by atoms with Gasteiger partial charge in [-0.05, 0) is 42.7 Å². The van der Waals surface area contributed by atoms with E-state index >= 15 is 0 Å². The van der Waals surface area contributed by atoms with E-state index in [0.717, 1.165) is 22.3 Å². The molecular formula is C21H16Cl2N2O2S. The van der Waals surface area contributed by atoms with Crippen molar-refractivity contribution in [3.05, 3.63) is 63.1 Å². The minimum atomic E-state index is -0.393. The molecule has 0 aromatic heterocycles. The zero-order valence-corrected chi connectivity index (χ0v) is 17.6. The first-order valence-electron chi connectivity index (χ1n) is 8.91. The lowest BCUT2D eigenvalue weighted by atomic mass is 9.95. The molecule has 1 heterocycles. The molecule has 2 aliphatic rings. The average molecular weight is 431 g/mol. The van der Waals surface area contributed by atoms with Crippen LogP contribution in [-0.4, -0.2) is 39.8 Å². The van der Waals surface area contributed by atoms with Gasteiger partial charge in [0.05, 0.1) is 10.6 Å². The van der Waals surface area contributed by atoms with E-state index in [1.807, 2.05) is 31.2 Å². The van der Waals surface area contributed by atoms with Crippen LogP contribution in [0, 0.1) is 0 Å². The molecule has 1 aliphatic heterocycles. The van der Waals surface area contributed by atoms with Crippen molar-refractivity contribution in [1.29, 1.82) is 0 Å². The van der Waals surface area contributed by atoms with E-state index in [9.17, 15) is 9.59 Å². The molecule has 142 valence electrons. The number of nitrogens with zero attached hydrogens (tertiary/aromatic N) is 2. The third-order valence-electron chi connectivity index (χ3n) is 5.05. The van der Waals surface area contributed by atoms with Crippen LogP contribution in [0.5, 0.6) is 0 Å². The number of fused-ring (bicyclic) bond motifs is 3. The molecule has 28 heavy (non-hydrogen) atoms. The fraction of sp³-hybridized carbons (Fsp3) is 0.190. The molecule has 3 amide bonds. The Hall–Kier alpha value is -2.21. The molecule has 0 spiro atoms. The van der Waals surface area contributed by atoms with Gasteiger partial charge in [0.2, 0.25) is 0 Å². The van der Waals surface area contributed by atoms with E-state index in [2.05, 4.69) is 0 Å². The topological polar surface area (TPSA) is 40.6 Å². The molecule has 1 aliphatic carbocycles. The van der Waals surface area contributed by atoms with E-state index in [4.69, 9.17) is 35.4 Å². The first-order valence-corrected chi connectivity index (χ1v) is 10.1. The maximum atomic E-state index is 13.3. The number of imide groups is 1. The first-order chi connectivity index (χ1) is 13.4. The minimum absolute atomic E-state index is 0.232. The molecule has 0 unspecified atom stereocenters. The molecule has 0 saturated carbocycles. The number of carbonyl (C=O) groups excluding carboxylic acids is 2. The van der Waals surface area contributed by atoms with Crippen molar-refractivity contribution in [2.24, 2.45) is 0 Å². The normalized spacial score (nSPS) is 18.6. The number of rotatable bonds is 2. The second-order valence-electron chi connectivity index (χ2n) is 6.49. The summed E-state index contributed by atoms with van der Waals surface area (Å²) >= 11 is 18.4. The van der Waals surface area contributed by atoms with Crippen molar-refractivity contribution in [2.45, 2.75) is 13.8 Å². The lowest BCUT2D eigenvalue weighted by molar-refractivity contribution is -0.124. The molecule has 0 bridgehead atoms. The maximum absolute atomic E-state index is 13.3. The smallest absolute Gasteiger partial charge is 0.284 e. The fourth-order valence-corrected chi connectivity index (χ4v) is 4.82. The van der Waals surface area contributed by atoms with E-state index in [1.165, 1.54) is 9.80 Å². The Morgan fingerprint density at radius 3 is 2.18 bits per heavy atom. The quantitative estimate of drug-likeness (QED) is 0.403. The first kappa shape index (κ1) is 19.1. The Bertz CT molecular complexity index is 1070. The summed E-state index contributed by atoms with van der Waals surface area (Å²) < 4.78 is 0. The maximum Gasteiger partial charge on any atom is 0.332 e. The Balaban J connectivity index is 2.10. The molecule has 2 aromatic rings. The molecule has 4 rings (SSSR count). The Labute approximate surface area is 178 Å². The van der Waals surface area contributed by atoms with Crippen molar-refractivity contribution >= 4 is 57.9 Å². The number of urea groups is 1. The zero-order chi connectivity index (χ0) is 20.2. The van der Waals surface area contributed by atoms with Gasteiger partial charge in [-0.3, -0.25) is 14.6 Å². The van der Waals surface area contributed by atoms with Crippen LogP contribution in [0.4, 0.5) is 4.79 Å². The summed E-state index contributed by atoms with van der Waals surface area (Å²) in [5.74, 6) is -0.393. The summed E-state index contributed by atoms with van der Waals surface area (Å²) in [7, 11) is 0. The van der Waals surface area contributed by atoms with Gasteiger partial charge in [0.1, 0.15) is 4.99 Å². The number of benzene rings is 2. The number of thiocarbonyl (C=S) groups is 1. The highest BCUT2D eigenvalue weighted by molar-refractivity contribution is 7.81. The van der Waals surface area contributed by atoms with Crippen LogP contribution in [-0.2, 0) is 4.79 Å². The van der Waals surface area contributed by atoms with Crippen molar-refractivity contribution in [2.75, 3.05) is 13.1 Å². The van der Waals surface area contributed by atoms with Gasteiger partial charge in [-0.25, -0.2) is 4.79 Å². The highest BCUT2D eigenvalue weighted by Crippen LogP contribution is 2.50. The van der Waals surface area contributed by atoms with Crippen molar-refractivity contribution in [1.82, 2.24) is 9.80 Å². The van der Waals surface area contributed by atoms with Gasteiger partial charge >= 0.3 is 6.03 Å². The van der Waals surface area contributed by atoms with Crippen LogP contribution >= 0.6 is 35.4 Å². The second-order valence-corrected chi connectivity index (χ2v) is 7.72. The zero-order valence-electron chi connectivity index (χ0n) is 15.3. The molecule has 2 aromatic carbocycles. The molecular weight excluding hydrogens is 415 g/mol. The van der Waals surface area contributed by atoms with Crippen molar-refractivity contribution < 1.29 is 9.59 Å². The van der Waals surface area contributed by atoms with Crippen LogP contribution in [0.25, 0.3) is 16.7 Å². The van der Waals surface area contributed by atoms with Gasteiger partial charge in [0.15, 0.2) is 0 Å². The third kappa shape index (κ3) is 2.61. The number of amides is 3. The Morgan fingerprint density at radius 1 is 0.893 bits per heavy atom. The molecule has 7 heteroatoms. The summed E-state index contributed by atoms with van der Waals surface area (Å²) in [6.45, 7) is 4.24. The number of likely N-dealkylation sites (N-methyl/N-ethyl adjacent to an activating group) is 2. The Morgan fingerprint density at radius 2 is 1.54 bits per heavy atom. The average Bonchev–Trinajstić information content (AvgIpc) is 2.97. The lowest BCUT2D eigenvalue weighted by Gasteiger charge is -2.35. The molecule has 4 nitrogen and oxygen atoms in total. The number of carbonyl (C=O) groups is 2. The number of hydrogen-bond donors (Lipinski definition) is 0. The predicted octanol–water partition coefficient (Wildman–Crippen LogP) is 5.41. The van der Waals surface area contributed by atoms with E-state index in [-0.39, 0.29) is 17.6 Å². The second kappa shape index (κ2) is 6.99. The highest BCUT2D eigenvalue weighted by Gasteiger charge is 2.42.